The molecule has 1 aromatic heterocycles. The van der Waals surface area contributed by atoms with Crippen LogP contribution in [0.5, 0.6) is 0 Å². The Morgan fingerprint density at radius 3 is 2.38 bits per heavy atom. The van der Waals surface area contributed by atoms with E-state index in [9.17, 15) is 4.39 Å². The quantitative estimate of drug-likeness (QED) is 0.744. The molecule has 1 aromatic carbocycles. The average Bonchev–Trinajstić information content (AvgIpc) is 2.26. The summed E-state index contributed by atoms with van der Waals surface area (Å²) in [6.07, 6.45) is 0. The van der Waals surface area contributed by atoms with E-state index >= 15 is 0 Å². The van der Waals surface area contributed by atoms with Gasteiger partial charge < -0.3 is 0 Å². The van der Waals surface area contributed by atoms with Gasteiger partial charge in [-0.3, -0.25) is 0 Å². The van der Waals surface area contributed by atoms with E-state index in [2.05, 4.69) is 25.9 Å². The molecule has 0 saturated carbocycles. The van der Waals surface area contributed by atoms with E-state index in [0.717, 1.165) is 10.0 Å². The number of hydrogen-bond acceptors (Lipinski definition) is 2. The molecule has 0 bridgehead atoms. The molecule has 2 nitrogen and oxygen atoms in total. The molecule has 2 rings (SSSR count). The van der Waals surface area contributed by atoms with Crippen LogP contribution in [0.25, 0.3) is 11.4 Å². The lowest BCUT2D eigenvalue weighted by Gasteiger charge is -2.03. The number of aromatic nitrogens is 2. The van der Waals surface area contributed by atoms with E-state index < -0.39 is 5.82 Å². The van der Waals surface area contributed by atoms with Gasteiger partial charge in [-0.15, -0.1) is 0 Å². The normalized spacial score (nSPS) is 10.5. The Labute approximate surface area is 106 Å². The lowest BCUT2D eigenvalue weighted by atomic mass is 10.2. The standard InChI is InChI=1S/C11H7BrClFN2/c1-6-9(14)10(13)16-11(15-6)7-2-4-8(12)5-3-7/h2-5H,1H3. The predicted octanol–water partition coefficient (Wildman–Crippen LogP) is 4.01. The summed E-state index contributed by atoms with van der Waals surface area (Å²) in [7, 11) is 0. The number of aryl methyl sites for hydroxylation is 1. The number of halogens is 3. The topological polar surface area (TPSA) is 25.8 Å². The molecular weight excluding hydrogens is 294 g/mol. The molecule has 16 heavy (non-hydrogen) atoms. The molecule has 5 heteroatoms. The van der Waals surface area contributed by atoms with Gasteiger partial charge in [-0.05, 0) is 19.1 Å². The largest absolute Gasteiger partial charge is 0.230 e. The molecule has 0 N–H and O–H groups in total. The molecule has 1 heterocycles. The number of hydrogen-bond donors (Lipinski definition) is 0. The van der Waals surface area contributed by atoms with Gasteiger partial charge in [0.25, 0.3) is 0 Å². The summed E-state index contributed by atoms with van der Waals surface area (Å²) >= 11 is 9.00. The SMILES string of the molecule is Cc1nc(-c2ccc(Br)cc2)nc(Cl)c1F. The van der Waals surface area contributed by atoms with Gasteiger partial charge in [0.1, 0.15) is 0 Å². The van der Waals surface area contributed by atoms with Crippen molar-refractivity contribution in [3.8, 4) is 11.4 Å². The van der Waals surface area contributed by atoms with Gasteiger partial charge in [0, 0.05) is 10.0 Å². The van der Waals surface area contributed by atoms with Gasteiger partial charge in [-0.25, -0.2) is 14.4 Å². The first-order chi connectivity index (χ1) is 7.58. The fourth-order valence-electron chi connectivity index (χ4n) is 1.25. The molecule has 0 aliphatic carbocycles. The minimum atomic E-state index is -0.567. The second-order valence-electron chi connectivity index (χ2n) is 3.24. The third-order valence-electron chi connectivity index (χ3n) is 2.08. The Bertz CT molecular complexity index is 505. The van der Waals surface area contributed by atoms with Crippen molar-refractivity contribution in [2.45, 2.75) is 6.92 Å². The monoisotopic (exact) mass is 300 g/mol. The van der Waals surface area contributed by atoms with E-state index in [4.69, 9.17) is 11.6 Å². The highest BCUT2D eigenvalue weighted by Gasteiger charge is 2.10. The van der Waals surface area contributed by atoms with E-state index in [0.29, 0.717) is 5.82 Å². The maximum absolute atomic E-state index is 13.2. The molecule has 0 radical (unpaired) electrons. The molecule has 0 fully saturated rings. The second kappa shape index (κ2) is 4.47. The summed E-state index contributed by atoms with van der Waals surface area (Å²) < 4.78 is 14.2. The van der Waals surface area contributed by atoms with Gasteiger partial charge in [0.05, 0.1) is 5.69 Å². The van der Waals surface area contributed by atoms with Crippen molar-refractivity contribution in [1.29, 1.82) is 0 Å². The van der Waals surface area contributed by atoms with Crippen LogP contribution in [-0.2, 0) is 0 Å². The smallest absolute Gasteiger partial charge is 0.181 e. The van der Waals surface area contributed by atoms with Crippen molar-refractivity contribution in [3.63, 3.8) is 0 Å². The Morgan fingerprint density at radius 1 is 1.19 bits per heavy atom. The summed E-state index contributed by atoms with van der Waals surface area (Å²) in [6, 6.07) is 7.41. The van der Waals surface area contributed by atoms with Crippen LogP contribution >= 0.6 is 27.5 Å². The van der Waals surface area contributed by atoms with Crippen molar-refractivity contribution in [2.75, 3.05) is 0 Å². The first kappa shape index (κ1) is 11.5. The molecule has 0 saturated heterocycles. The van der Waals surface area contributed by atoms with Crippen molar-refractivity contribution in [2.24, 2.45) is 0 Å². The van der Waals surface area contributed by atoms with Crippen LogP contribution < -0.4 is 0 Å². The van der Waals surface area contributed by atoms with E-state index in [1.807, 2.05) is 24.3 Å². The summed E-state index contributed by atoms with van der Waals surface area (Å²) in [6.45, 7) is 1.56. The minimum Gasteiger partial charge on any atom is -0.230 e. The second-order valence-corrected chi connectivity index (χ2v) is 4.52. The van der Waals surface area contributed by atoms with E-state index in [1.165, 1.54) is 0 Å². The highest BCUT2D eigenvalue weighted by molar-refractivity contribution is 9.10. The Kier molecular flexibility index (Phi) is 3.21. The molecular formula is C11H7BrClFN2. The van der Waals surface area contributed by atoms with Gasteiger partial charge in [-0.2, -0.15) is 0 Å². The maximum Gasteiger partial charge on any atom is 0.181 e. The Balaban J connectivity index is 2.52. The van der Waals surface area contributed by atoms with Gasteiger partial charge >= 0.3 is 0 Å². The molecule has 0 aliphatic rings. The predicted molar refractivity (Wildman–Crippen MR) is 64.9 cm³/mol. The molecule has 2 aromatic rings. The molecule has 0 atom stereocenters. The zero-order valence-electron chi connectivity index (χ0n) is 8.34. The van der Waals surface area contributed by atoms with Gasteiger partial charge in [0.2, 0.25) is 0 Å². The van der Waals surface area contributed by atoms with Gasteiger partial charge in [0.15, 0.2) is 16.8 Å². The summed E-state index contributed by atoms with van der Waals surface area (Å²) in [5.74, 6) is -0.140. The Morgan fingerprint density at radius 2 is 1.81 bits per heavy atom. The van der Waals surface area contributed by atoms with Crippen LogP contribution in [0.1, 0.15) is 5.69 Å². The first-order valence-corrected chi connectivity index (χ1v) is 5.70. The number of rotatable bonds is 1. The van der Waals surface area contributed by atoms with Crippen LogP contribution in [0.3, 0.4) is 0 Å². The van der Waals surface area contributed by atoms with Crippen LogP contribution in [-0.4, -0.2) is 9.97 Å². The van der Waals surface area contributed by atoms with Crippen molar-refractivity contribution >= 4 is 27.5 Å². The zero-order chi connectivity index (χ0) is 11.7. The highest BCUT2D eigenvalue weighted by atomic mass is 79.9. The van der Waals surface area contributed by atoms with Crippen molar-refractivity contribution in [1.82, 2.24) is 9.97 Å². The lowest BCUT2D eigenvalue weighted by Crippen LogP contribution is -1.97. The third-order valence-corrected chi connectivity index (χ3v) is 2.86. The highest BCUT2D eigenvalue weighted by Crippen LogP contribution is 2.22. The molecule has 0 amide bonds. The van der Waals surface area contributed by atoms with Crippen molar-refractivity contribution < 1.29 is 4.39 Å². The van der Waals surface area contributed by atoms with Crippen LogP contribution in [0.15, 0.2) is 28.7 Å². The zero-order valence-corrected chi connectivity index (χ0v) is 10.7. The number of benzene rings is 1. The van der Waals surface area contributed by atoms with Crippen LogP contribution in [0, 0.1) is 12.7 Å². The van der Waals surface area contributed by atoms with Gasteiger partial charge in [-0.1, -0.05) is 39.7 Å². The lowest BCUT2D eigenvalue weighted by molar-refractivity contribution is 0.603. The molecule has 0 aliphatic heterocycles. The summed E-state index contributed by atoms with van der Waals surface area (Å²) in [4.78, 5) is 7.95. The Hall–Kier alpha value is -1.00. The third kappa shape index (κ3) is 2.23. The fraction of sp³-hybridized carbons (Fsp3) is 0.0909. The molecule has 0 spiro atoms. The average molecular weight is 302 g/mol. The van der Waals surface area contributed by atoms with Crippen molar-refractivity contribution in [3.05, 3.63) is 45.4 Å². The first-order valence-electron chi connectivity index (χ1n) is 4.53. The van der Waals surface area contributed by atoms with Crippen LogP contribution in [0.2, 0.25) is 5.15 Å². The maximum atomic E-state index is 13.2. The summed E-state index contributed by atoms with van der Waals surface area (Å²) in [5.41, 5.74) is 1.05. The van der Waals surface area contributed by atoms with Crippen LogP contribution in [0.4, 0.5) is 4.39 Å². The minimum absolute atomic E-state index is 0.148. The number of nitrogens with zero attached hydrogens (tertiary/aromatic N) is 2. The fourth-order valence-corrected chi connectivity index (χ4v) is 1.73. The summed E-state index contributed by atoms with van der Waals surface area (Å²) in [5, 5.41) is -0.148. The van der Waals surface area contributed by atoms with E-state index in [1.54, 1.807) is 6.92 Å². The van der Waals surface area contributed by atoms with E-state index in [-0.39, 0.29) is 10.8 Å². The molecule has 0 unspecified atom stereocenters. The molecule has 82 valence electrons.